The smallest absolute Gasteiger partial charge is 0.248 e. The molecule has 25 heavy (non-hydrogen) atoms. The number of primary amides is 1. The van der Waals surface area contributed by atoms with Gasteiger partial charge in [-0.2, -0.15) is 0 Å². The van der Waals surface area contributed by atoms with E-state index in [0.29, 0.717) is 11.6 Å². The lowest BCUT2D eigenvalue weighted by atomic mass is 10.1. The third-order valence-corrected chi connectivity index (χ3v) is 5.73. The maximum atomic E-state index is 11.2. The van der Waals surface area contributed by atoms with Crippen LogP contribution in [0.25, 0.3) is 10.6 Å². The van der Waals surface area contributed by atoms with Crippen LogP contribution in [0.15, 0.2) is 29.6 Å². The van der Waals surface area contributed by atoms with Gasteiger partial charge in [0.1, 0.15) is 5.01 Å². The first-order valence-electron chi connectivity index (χ1n) is 8.87. The highest BCUT2D eigenvalue weighted by Gasteiger charge is 2.21. The molecule has 0 aliphatic carbocycles. The Labute approximate surface area is 152 Å². The zero-order chi connectivity index (χ0) is 17.6. The second-order valence-corrected chi connectivity index (χ2v) is 7.43. The minimum Gasteiger partial charge on any atom is -0.396 e. The number of aliphatic hydroxyl groups excluding tert-OH is 1. The number of carbonyl (C=O) groups excluding carboxylic acids is 1. The fourth-order valence-corrected chi connectivity index (χ4v) is 4.24. The van der Waals surface area contributed by atoms with Crippen molar-refractivity contribution in [1.29, 1.82) is 0 Å². The minimum atomic E-state index is -0.414. The Bertz CT molecular complexity index is 699. The molecule has 0 bridgehead atoms. The van der Waals surface area contributed by atoms with Gasteiger partial charge in [0.25, 0.3) is 0 Å². The van der Waals surface area contributed by atoms with Crippen molar-refractivity contribution in [3.05, 3.63) is 40.9 Å². The Morgan fingerprint density at radius 1 is 1.28 bits per heavy atom. The molecule has 5 nitrogen and oxygen atoms in total. The lowest BCUT2D eigenvalue weighted by Gasteiger charge is -2.28. The fraction of sp³-hybridized carbons (Fsp3) is 0.474. The van der Waals surface area contributed by atoms with Crippen molar-refractivity contribution < 1.29 is 9.90 Å². The molecular formula is C19H25N3O2S. The summed E-state index contributed by atoms with van der Waals surface area (Å²) >= 11 is 1.62. The molecule has 1 aromatic carbocycles. The molecule has 2 heterocycles. The lowest BCUT2D eigenvalue weighted by molar-refractivity contribution is 0.100. The summed E-state index contributed by atoms with van der Waals surface area (Å²) in [5.74, 6) is -0.414. The first-order valence-corrected chi connectivity index (χ1v) is 9.75. The second kappa shape index (κ2) is 8.56. The summed E-state index contributed by atoms with van der Waals surface area (Å²) in [6.45, 7) is 2.15. The number of nitrogens with zero attached hydrogens (tertiary/aromatic N) is 2. The molecule has 2 aromatic rings. The minimum absolute atomic E-state index is 0.246. The molecule has 0 saturated carbocycles. The lowest BCUT2D eigenvalue weighted by Crippen LogP contribution is -2.35. The number of rotatable bonds is 6. The van der Waals surface area contributed by atoms with E-state index < -0.39 is 5.91 Å². The van der Waals surface area contributed by atoms with Crippen LogP contribution in [0.5, 0.6) is 0 Å². The molecule has 1 aliphatic rings. The molecular weight excluding hydrogens is 334 g/mol. The van der Waals surface area contributed by atoms with Crippen LogP contribution in [0.3, 0.4) is 0 Å². The second-order valence-electron chi connectivity index (χ2n) is 6.57. The quantitative estimate of drug-likeness (QED) is 0.831. The highest BCUT2D eigenvalue weighted by Crippen LogP contribution is 2.26. The predicted octanol–water partition coefficient (Wildman–Crippen LogP) is 3.04. The Morgan fingerprint density at radius 3 is 2.80 bits per heavy atom. The van der Waals surface area contributed by atoms with Gasteiger partial charge in [-0.05, 0) is 37.9 Å². The Morgan fingerprint density at radius 2 is 2.08 bits per heavy atom. The van der Waals surface area contributed by atoms with Gasteiger partial charge in [-0.3, -0.25) is 9.69 Å². The number of aliphatic hydroxyl groups is 1. The summed E-state index contributed by atoms with van der Waals surface area (Å²) in [7, 11) is 0. The van der Waals surface area contributed by atoms with E-state index in [0.717, 1.165) is 42.2 Å². The highest BCUT2D eigenvalue weighted by molar-refractivity contribution is 7.13. The van der Waals surface area contributed by atoms with E-state index in [9.17, 15) is 9.90 Å². The van der Waals surface area contributed by atoms with Crippen molar-refractivity contribution in [2.24, 2.45) is 5.73 Å². The average Bonchev–Trinajstić information content (AvgIpc) is 2.97. The summed E-state index contributed by atoms with van der Waals surface area (Å²) in [6, 6.07) is 7.72. The SMILES string of the molecule is NC(=O)c1ccc(-c2nc(CN3CCCCCC3CCO)cs2)cc1. The van der Waals surface area contributed by atoms with Gasteiger partial charge in [-0.15, -0.1) is 11.3 Å². The summed E-state index contributed by atoms with van der Waals surface area (Å²) in [6.07, 6.45) is 5.73. The van der Waals surface area contributed by atoms with Gasteiger partial charge in [0.2, 0.25) is 5.91 Å². The molecule has 1 fully saturated rings. The molecule has 1 unspecified atom stereocenters. The van der Waals surface area contributed by atoms with Gasteiger partial charge in [0.05, 0.1) is 5.69 Å². The third-order valence-electron chi connectivity index (χ3n) is 4.79. The van der Waals surface area contributed by atoms with Crippen LogP contribution >= 0.6 is 11.3 Å². The molecule has 0 spiro atoms. The van der Waals surface area contributed by atoms with Crippen LogP contribution in [-0.4, -0.2) is 40.1 Å². The summed E-state index contributed by atoms with van der Waals surface area (Å²) in [5.41, 5.74) is 7.87. The van der Waals surface area contributed by atoms with E-state index in [-0.39, 0.29) is 6.61 Å². The van der Waals surface area contributed by atoms with Crippen LogP contribution in [0.2, 0.25) is 0 Å². The van der Waals surface area contributed by atoms with Gasteiger partial charge in [0.15, 0.2) is 0 Å². The molecule has 1 aliphatic heterocycles. The molecule has 134 valence electrons. The van der Waals surface area contributed by atoms with Crippen molar-refractivity contribution in [3.63, 3.8) is 0 Å². The first kappa shape index (κ1) is 18.0. The van der Waals surface area contributed by atoms with E-state index >= 15 is 0 Å². The highest BCUT2D eigenvalue weighted by atomic mass is 32.1. The standard InChI is InChI=1S/C19H25N3O2S/c20-18(24)14-5-7-15(8-6-14)19-21-16(13-25-19)12-22-10-3-1-2-4-17(22)9-11-23/h5-8,13,17,23H,1-4,9-12H2,(H2,20,24). The number of benzene rings is 1. The normalized spacial score (nSPS) is 18.8. The number of hydrogen-bond acceptors (Lipinski definition) is 5. The maximum Gasteiger partial charge on any atom is 0.248 e. The molecule has 6 heteroatoms. The van der Waals surface area contributed by atoms with Crippen molar-refractivity contribution in [2.75, 3.05) is 13.2 Å². The van der Waals surface area contributed by atoms with Crippen molar-refractivity contribution in [1.82, 2.24) is 9.88 Å². The van der Waals surface area contributed by atoms with E-state index in [2.05, 4.69) is 10.3 Å². The van der Waals surface area contributed by atoms with Gasteiger partial charge in [-0.25, -0.2) is 4.98 Å². The Kier molecular flexibility index (Phi) is 6.18. The van der Waals surface area contributed by atoms with Crippen molar-refractivity contribution >= 4 is 17.2 Å². The molecule has 0 radical (unpaired) electrons. The molecule has 3 N–H and O–H groups in total. The van der Waals surface area contributed by atoms with Gasteiger partial charge >= 0.3 is 0 Å². The van der Waals surface area contributed by atoms with Gasteiger partial charge in [0, 0.05) is 35.7 Å². The largest absolute Gasteiger partial charge is 0.396 e. The van der Waals surface area contributed by atoms with Crippen LogP contribution < -0.4 is 5.73 Å². The number of nitrogens with two attached hydrogens (primary N) is 1. The van der Waals surface area contributed by atoms with Crippen LogP contribution in [0, 0.1) is 0 Å². The summed E-state index contributed by atoms with van der Waals surface area (Å²) < 4.78 is 0. The predicted molar refractivity (Wildman–Crippen MR) is 100 cm³/mol. The number of carbonyl (C=O) groups is 1. The molecule has 3 rings (SSSR count). The van der Waals surface area contributed by atoms with E-state index in [4.69, 9.17) is 10.7 Å². The average molecular weight is 359 g/mol. The van der Waals surface area contributed by atoms with Crippen LogP contribution in [-0.2, 0) is 6.54 Å². The third kappa shape index (κ3) is 4.66. The maximum absolute atomic E-state index is 11.2. The van der Waals surface area contributed by atoms with Crippen LogP contribution in [0.4, 0.5) is 0 Å². The zero-order valence-corrected chi connectivity index (χ0v) is 15.2. The first-order chi connectivity index (χ1) is 12.2. The molecule has 1 aromatic heterocycles. The van der Waals surface area contributed by atoms with Crippen LogP contribution in [0.1, 0.15) is 48.2 Å². The Balaban J connectivity index is 1.70. The molecule has 1 atom stereocenters. The number of amides is 1. The van der Waals surface area contributed by atoms with E-state index in [1.807, 2.05) is 12.1 Å². The zero-order valence-electron chi connectivity index (χ0n) is 14.4. The van der Waals surface area contributed by atoms with Crippen molar-refractivity contribution in [2.45, 2.75) is 44.7 Å². The summed E-state index contributed by atoms with van der Waals surface area (Å²) in [4.78, 5) is 18.4. The fourth-order valence-electron chi connectivity index (χ4n) is 3.42. The number of aromatic nitrogens is 1. The van der Waals surface area contributed by atoms with E-state index in [1.54, 1.807) is 23.5 Å². The Hall–Kier alpha value is -1.76. The van der Waals surface area contributed by atoms with Gasteiger partial charge in [-0.1, -0.05) is 25.0 Å². The van der Waals surface area contributed by atoms with Crippen molar-refractivity contribution in [3.8, 4) is 10.6 Å². The number of hydrogen-bond donors (Lipinski definition) is 2. The van der Waals surface area contributed by atoms with E-state index in [1.165, 1.54) is 19.3 Å². The molecule has 1 saturated heterocycles. The monoisotopic (exact) mass is 359 g/mol. The summed E-state index contributed by atoms with van der Waals surface area (Å²) in [5, 5.41) is 12.4. The number of likely N-dealkylation sites (tertiary alicyclic amines) is 1. The number of thiazole rings is 1. The molecule has 1 amide bonds. The topological polar surface area (TPSA) is 79.5 Å². The van der Waals surface area contributed by atoms with Gasteiger partial charge < -0.3 is 10.8 Å².